The predicted molar refractivity (Wildman–Crippen MR) is 98.1 cm³/mol. The molecule has 1 aliphatic rings. The molecule has 1 aliphatic heterocycles. The molecule has 3 rings (SSSR count). The second-order valence-electron chi connectivity index (χ2n) is 6.20. The summed E-state index contributed by atoms with van der Waals surface area (Å²) in [6.45, 7) is 4.73. The van der Waals surface area contributed by atoms with Gasteiger partial charge < -0.3 is 15.4 Å². The minimum absolute atomic E-state index is 0.170. The molecule has 2 aromatic carbocycles. The van der Waals surface area contributed by atoms with Crippen LogP contribution in [0.25, 0.3) is 6.08 Å². The van der Waals surface area contributed by atoms with Crippen LogP contribution in [0, 0.1) is 5.92 Å². The molecule has 1 amide bonds. The van der Waals surface area contributed by atoms with Crippen molar-refractivity contribution < 1.29 is 9.53 Å². The molecule has 2 N–H and O–H groups in total. The van der Waals surface area contributed by atoms with Crippen LogP contribution >= 0.6 is 11.6 Å². The Labute approximate surface area is 146 Å². The third-order valence-electron chi connectivity index (χ3n) is 3.67. The lowest BCUT2D eigenvalue weighted by Crippen LogP contribution is -2.39. The smallest absolute Gasteiger partial charge is 0.294 e. The number of carbonyl (C=O) groups excluding carboxylic acids is 1. The van der Waals surface area contributed by atoms with Crippen molar-refractivity contribution in [3.63, 3.8) is 0 Å². The molecule has 0 spiro atoms. The number of ether oxygens (including phenoxy) is 1. The van der Waals surface area contributed by atoms with Crippen molar-refractivity contribution in [3.8, 4) is 5.75 Å². The molecule has 4 nitrogen and oxygen atoms in total. The van der Waals surface area contributed by atoms with Crippen LogP contribution in [-0.2, 0) is 4.79 Å². The molecule has 0 saturated carbocycles. The number of hydrogen-bond donors (Lipinski definition) is 1. The van der Waals surface area contributed by atoms with Crippen molar-refractivity contribution in [2.24, 2.45) is 5.92 Å². The monoisotopic (exact) mass is 342 g/mol. The lowest BCUT2D eigenvalue weighted by Gasteiger charge is -2.32. The molecule has 124 valence electrons. The second kappa shape index (κ2) is 6.57. The van der Waals surface area contributed by atoms with Gasteiger partial charge in [-0.25, -0.2) is 0 Å². The number of rotatable bonds is 3. The fourth-order valence-corrected chi connectivity index (χ4v) is 2.71. The summed E-state index contributed by atoms with van der Waals surface area (Å²) >= 11 is 5.91. The molecule has 0 aromatic heterocycles. The summed E-state index contributed by atoms with van der Waals surface area (Å²) in [5, 5.41) is 0.648. The molecule has 0 fully saturated rings. The number of fused-ring (bicyclic) bond motifs is 1. The maximum atomic E-state index is 12.9. The summed E-state index contributed by atoms with van der Waals surface area (Å²) in [5.41, 5.74) is 8.04. The molecule has 0 bridgehead atoms. The van der Waals surface area contributed by atoms with Gasteiger partial charge in [-0.15, -0.1) is 0 Å². The van der Waals surface area contributed by atoms with Gasteiger partial charge in [-0.3, -0.25) is 4.79 Å². The zero-order chi connectivity index (χ0) is 17.3. The Balaban J connectivity index is 2.02. The molecular weight excluding hydrogens is 324 g/mol. The summed E-state index contributed by atoms with van der Waals surface area (Å²) in [6.07, 6.45) is 1.73. The Morgan fingerprint density at radius 1 is 1.21 bits per heavy atom. The van der Waals surface area contributed by atoms with Gasteiger partial charge in [0, 0.05) is 17.3 Å². The van der Waals surface area contributed by atoms with E-state index in [0.717, 1.165) is 5.56 Å². The first-order valence-corrected chi connectivity index (χ1v) is 8.18. The number of amides is 1. The number of nitrogens with two attached hydrogens (primary N) is 1. The normalized spacial score (nSPS) is 15.6. The van der Waals surface area contributed by atoms with Crippen molar-refractivity contribution in [2.45, 2.75) is 13.8 Å². The molecule has 0 saturated heterocycles. The quantitative estimate of drug-likeness (QED) is 0.666. The number of halogens is 1. The molecule has 0 radical (unpaired) electrons. The van der Waals surface area contributed by atoms with E-state index in [-0.39, 0.29) is 11.7 Å². The van der Waals surface area contributed by atoms with Gasteiger partial charge in [0.15, 0.2) is 11.5 Å². The van der Waals surface area contributed by atoms with Crippen LogP contribution in [0.3, 0.4) is 0 Å². The largest absolute Gasteiger partial charge is 0.449 e. The average Bonchev–Trinajstić information content (AvgIpc) is 2.54. The van der Waals surface area contributed by atoms with Crippen LogP contribution < -0.4 is 15.4 Å². The van der Waals surface area contributed by atoms with E-state index in [4.69, 9.17) is 22.1 Å². The maximum Gasteiger partial charge on any atom is 0.294 e. The Hall–Kier alpha value is -2.46. The molecule has 0 unspecified atom stereocenters. The highest BCUT2D eigenvalue weighted by atomic mass is 35.5. The highest BCUT2D eigenvalue weighted by Gasteiger charge is 2.30. The van der Waals surface area contributed by atoms with E-state index in [1.807, 2.05) is 12.1 Å². The number of anilines is 2. The number of carbonyl (C=O) groups is 1. The molecular formula is C19H19ClN2O2. The van der Waals surface area contributed by atoms with Gasteiger partial charge in [-0.05, 0) is 47.9 Å². The van der Waals surface area contributed by atoms with E-state index in [0.29, 0.717) is 34.6 Å². The molecule has 5 heteroatoms. The first kappa shape index (κ1) is 16.4. The summed E-state index contributed by atoms with van der Waals surface area (Å²) in [4.78, 5) is 14.6. The Morgan fingerprint density at radius 3 is 2.58 bits per heavy atom. The van der Waals surface area contributed by atoms with Crippen molar-refractivity contribution >= 4 is 35.0 Å². The Morgan fingerprint density at radius 2 is 1.92 bits per heavy atom. The summed E-state index contributed by atoms with van der Waals surface area (Å²) in [6, 6.07) is 12.6. The first-order chi connectivity index (χ1) is 11.4. The third kappa shape index (κ3) is 3.39. The van der Waals surface area contributed by atoms with Crippen molar-refractivity contribution in [2.75, 3.05) is 17.2 Å². The summed E-state index contributed by atoms with van der Waals surface area (Å²) in [7, 11) is 0. The molecule has 24 heavy (non-hydrogen) atoms. The average molecular weight is 343 g/mol. The molecule has 1 heterocycles. The van der Waals surface area contributed by atoms with Crippen molar-refractivity contribution in [1.82, 2.24) is 0 Å². The summed E-state index contributed by atoms with van der Waals surface area (Å²) in [5.74, 6) is 1.06. The highest BCUT2D eigenvalue weighted by molar-refractivity contribution is 6.30. The molecule has 2 aromatic rings. The van der Waals surface area contributed by atoms with Gasteiger partial charge in [0.05, 0.1) is 5.69 Å². The van der Waals surface area contributed by atoms with E-state index < -0.39 is 0 Å². The van der Waals surface area contributed by atoms with Crippen molar-refractivity contribution in [3.05, 3.63) is 58.8 Å². The minimum Gasteiger partial charge on any atom is -0.449 e. The van der Waals surface area contributed by atoms with Gasteiger partial charge in [-0.1, -0.05) is 37.6 Å². The predicted octanol–water partition coefficient (Wildman–Crippen LogP) is 4.34. The zero-order valence-corrected chi connectivity index (χ0v) is 14.4. The van der Waals surface area contributed by atoms with Crippen LogP contribution in [0.5, 0.6) is 5.75 Å². The topological polar surface area (TPSA) is 55.6 Å². The van der Waals surface area contributed by atoms with Crippen LogP contribution in [0.4, 0.5) is 11.4 Å². The van der Waals surface area contributed by atoms with Gasteiger partial charge in [0.25, 0.3) is 5.91 Å². The number of benzene rings is 2. The standard InChI is InChI=1S/C19H19ClN2O2/c1-12(2)11-22-16-10-15(21)7-8-17(16)24-18(19(22)23)9-13-3-5-14(20)6-4-13/h3-10,12H,11,21H2,1-2H3/b18-9+. The van der Waals surface area contributed by atoms with E-state index in [2.05, 4.69) is 13.8 Å². The van der Waals surface area contributed by atoms with Crippen LogP contribution in [-0.4, -0.2) is 12.5 Å². The van der Waals surface area contributed by atoms with Crippen LogP contribution in [0.1, 0.15) is 19.4 Å². The highest BCUT2D eigenvalue weighted by Crippen LogP contribution is 2.37. The molecule has 0 atom stereocenters. The Kier molecular flexibility index (Phi) is 4.49. The maximum absolute atomic E-state index is 12.9. The third-order valence-corrected chi connectivity index (χ3v) is 3.92. The van der Waals surface area contributed by atoms with Crippen molar-refractivity contribution in [1.29, 1.82) is 0 Å². The van der Waals surface area contributed by atoms with E-state index in [1.165, 1.54) is 0 Å². The van der Waals surface area contributed by atoms with Crippen LogP contribution in [0.15, 0.2) is 48.2 Å². The van der Waals surface area contributed by atoms with Crippen LogP contribution in [0.2, 0.25) is 5.02 Å². The van der Waals surface area contributed by atoms with E-state index in [9.17, 15) is 4.79 Å². The second-order valence-corrected chi connectivity index (χ2v) is 6.64. The minimum atomic E-state index is -0.170. The lowest BCUT2D eigenvalue weighted by molar-refractivity contribution is -0.117. The number of hydrogen-bond acceptors (Lipinski definition) is 3. The number of nitrogens with zero attached hydrogens (tertiary/aromatic N) is 1. The van der Waals surface area contributed by atoms with Gasteiger partial charge in [-0.2, -0.15) is 0 Å². The van der Waals surface area contributed by atoms with Gasteiger partial charge in [0.1, 0.15) is 0 Å². The van der Waals surface area contributed by atoms with E-state index in [1.54, 1.807) is 41.3 Å². The molecule has 0 aliphatic carbocycles. The van der Waals surface area contributed by atoms with E-state index >= 15 is 0 Å². The Bertz CT molecular complexity index is 798. The summed E-state index contributed by atoms with van der Waals surface area (Å²) < 4.78 is 5.83. The van der Waals surface area contributed by atoms with Gasteiger partial charge in [0.2, 0.25) is 0 Å². The number of nitrogen functional groups attached to an aromatic ring is 1. The fraction of sp³-hybridized carbons (Fsp3) is 0.211. The first-order valence-electron chi connectivity index (χ1n) is 7.80. The lowest BCUT2D eigenvalue weighted by atomic mass is 10.1. The fourth-order valence-electron chi connectivity index (χ4n) is 2.58. The van der Waals surface area contributed by atoms with Gasteiger partial charge >= 0.3 is 0 Å². The zero-order valence-electron chi connectivity index (χ0n) is 13.6. The SMILES string of the molecule is CC(C)CN1C(=O)/C(=C\c2ccc(Cl)cc2)Oc2ccc(N)cc21.